The van der Waals surface area contributed by atoms with Crippen molar-refractivity contribution in [3.8, 4) is 0 Å². The maximum Gasteiger partial charge on any atom is 0.451 e. The summed E-state index contributed by atoms with van der Waals surface area (Å²) >= 11 is 0. The number of nitrogens with zero attached hydrogens (tertiary/aromatic N) is 2. The van der Waals surface area contributed by atoms with E-state index in [1.165, 1.54) is 18.9 Å². The number of nitrogen functional groups attached to an aromatic ring is 1. The molecule has 0 aliphatic heterocycles. The number of alkyl halides is 3. The summed E-state index contributed by atoms with van der Waals surface area (Å²) in [6.45, 7) is 2.84. The SMILES string of the molecule is CC1CCC(CNc2cc(NN)nc(C(F)(F)F)n2)CC1. The molecule has 1 heterocycles. The Morgan fingerprint density at radius 2 is 1.81 bits per heavy atom. The van der Waals surface area contributed by atoms with Gasteiger partial charge in [-0.1, -0.05) is 19.8 Å². The van der Waals surface area contributed by atoms with E-state index in [0.717, 1.165) is 18.8 Å². The molecule has 21 heavy (non-hydrogen) atoms. The highest BCUT2D eigenvalue weighted by Crippen LogP contribution is 2.30. The van der Waals surface area contributed by atoms with Crippen molar-refractivity contribution < 1.29 is 13.2 Å². The second kappa shape index (κ2) is 6.46. The van der Waals surface area contributed by atoms with Crippen LogP contribution in [0.4, 0.5) is 24.8 Å². The lowest BCUT2D eigenvalue weighted by Gasteiger charge is -2.26. The standard InChI is InChI=1S/C13H20F3N5/c1-8-2-4-9(5-3-8)7-18-10-6-11(21-17)20-12(19-10)13(14,15)16/h6,8-9H,2-5,7,17H2,1H3,(H2,18,19,20,21). The van der Waals surface area contributed by atoms with Gasteiger partial charge in [0.1, 0.15) is 11.6 Å². The van der Waals surface area contributed by atoms with Gasteiger partial charge in [0, 0.05) is 12.6 Å². The summed E-state index contributed by atoms with van der Waals surface area (Å²) < 4.78 is 38.1. The van der Waals surface area contributed by atoms with Gasteiger partial charge in [0.05, 0.1) is 0 Å². The first-order chi connectivity index (χ1) is 9.88. The zero-order valence-electron chi connectivity index (χ0n) is 11.9. The van der Waals surface area contributed by atoms with E-state index in [0.29, 0.717) is 12.5 Å². The summed E-state index contributed by atoms with van der Waals surface area (Å²) in [5, 5.41) is 2.97. The lowest BCUT2D eigenvalue weighted by atomic mass is 9.83. The normalized spacial score (nSPS) is 22.9. The zero-order valence-corrected chi connectivity index (χ0v) is 11.9. The Morgan fingerprint density at radius 1 is 1.19 bits per heavy atom. The molecule has 0 aromatic carbocycles. The van der Waals surface area contributed by atoms with E-state index in [9.17, 15) is 13.2 Å². The number of aromatic nitrogens is 2. The lowest BCUT2D eigenvalue weighted by molar-refractivity contribution is -0.144. The van der Waals surface area contributed by atoms with E-state index in [4.69, 9.17) is 5.84 Å². The largest absolute Gasteiger partial charge is 0.451 e. The van der Waals surface area contributed by atoms with Gasteiger partial charge in [-0.15, -0.1) is 0 Å². The van der Waals surface area contributed by atoms with Crippen LogP contribution in [0.1, 0.15) is 38.4 Å². The molecule has 1 aromatic rings. The van der Waals surface area contributed by atoms with Gasteiger partial charge in [0.15, 0.2) is 0 Å². The quantitative estimate of drug-likeness (QED) is 0.589. The van der Waals surface area contributed by atoms with Crippen molar-refractivity contribution >= 4 is 11.6 Å². The van der Waals surface area contributed by atoms with Crippen LogP contribution in [-0.4, -0.2) is 16.5 Å². The van der Waals surface area contributed by atoms with Crippen LogP contribution in [0.2, 0.25) is 0 Å². The molecule has 0 unspecified atom stereocenters. The molecular weight excluding hydrogens is 283 g/mol. The monoisotopic (exact) mass is 303 g/mol. The van der Waals surface area contributed by atoms with Gasteiger partial charge < -0.3 is 10.7 Å². The van der Waals surface area contributed by atoms with Gasteiger partial charge in [-0.3, -0.25) is 0 Å². The molecule has 1 saturated carbocycles. The summed E-state index contributed by atoms with van der Waals surface area (Å²) in [5.74, 6) is 5.25. The molecule has 1 aliphatic rings. The first-order valence-electron chi connectivity index (χ1n) is 7.05. The molecule has 5 nitrogen and oxygen atoms in total. The van der Waals surface area contributed by atoms with Crippen LogP contribution in [0, 0.1) is 11.8 Å². The third kappa shape index (κ3) is 4.45. The van der Waals surface area contributed by atoms with Crippen molar-refractivity contribution in [1.29, 1.82) is 0 Å². The molecule has 0 radical (unpaired) electrons. The Kier molecular flexibility index (Phi) is 4.87. The van der Waals surface area contributed by atoms with Crippen LogP contribution >= 0.6 is 0 Å². The minimum atomic E-state index is -4.59. The minimum Gasteiger partial charge on any atom is -0.370 e. The Hall–Kier alpha value is -1.57. The fourth-order valence-electron chi connectivity index (χ4n) is 2.52. The van der Waals surface area contributed by atoms with E-state index in [-0.39, 0.29) is 11.6 Å². The summed E-state index contributed by atoms with van der Waals surface area (Å²) in [6.07, 6.45) is -0.0800. The third-order valence-corrected chi connectivity index (χ3v) is 3.83. The number of hydrogen-bond donors (Lipinski definition) is 3. The Labute approximate surface area is 121 Å². The van der Waals surface area contributed by atoms with E-state index in [1.54, 1.807) is 0 Å². The Bertz CT molecular complexity index is 469. The predicted octanol–water partition coefficient (Wildman–Crippen LogP) is 3.02. The van der Waals surface area contributed by atoms with Crippen LogP contribution in [0.25, 0.3) is 0 Å². The second-order valence-electron chi connectivity index (χ2n) is 5.61. The first kappa shape index (κ1) is 15.8. The van der Waals surface area contributed by atoms with Gasteiger partial charge in [-0.05, 0) is 24.7 Å². The molecule has 1 aliphatic carbocycles. The molecule has 118 valence electrons. The molecule has 0 atom stereocenters. The highest BCUT2D eigenvalue weighted by Gasteiger charge is 2.35. The molecule has 8 heteroatoms. The van der Waals surface area contributed by atoms with Gasteiger partial charge in [0.25, 0.3) is 0 Å². The maximum atomic E-state index is 12.7. The highest BCUT2D eigenvalue weighted by atomic mass is 19.4. The van der Waals surface area contributed by atoms with Gasteiger partial charge in [0.2, 0.25) is 5.82 Å². The highest BCUT2D eigenvalue weighted by molar-refractivity contribution is 5.47. The fourth-order valence-corrected chi connectivity index (χ4v) is 2.52. The van der Waals surface area contributed by atoms with Crippen molar-refractivity contribution in [3.05, 3.63) is 11.9 Å². The van der Waals surface area contributed by atoms with E-state index < -0.39 is 12.0 Å². The van der Waals surface area contributed by atoms with Crippen LogP contribution in [0.3, 0.4) is 0 Å². The maximum absolute atomic E-state index is 12.7. The Balaban J connectivity index is 2.02. The minimum absolute atomic E-state index is 0.0582. The number of halogens is 3. The van der Waals surface area contributed by atoms with Crippen molar-refractivity contribution in [1.82, 2.24) is 9.97 Å². The molecule has 0 spiro atoms. The van der Waals surface area contributed by atoms with Crippen molar-refractivity contribution in [2.75, 3.05) is 17.3 Å². The Morgan fingerprint density at radius 3 is 2.38 bits per heavy atom. The summed E-state index contributed by atoms with van der Waals surface area (Å²) in [7, 11) is 0. The van der Waals surface area contributed by atoms with Crippen LogP contribution in [0.5, 0.6) is 0 Å². The molecular formula is C13H20F3N5. The lowest BCUT2D eigenvalue weighted by Crippen LogP contribution is -2.22. The molecule has 0 bridgehead atoms. The number of nitrogens with two attached hydrogens (primary N) is 1. The molecule has 4 N–H and O–H groups in total. The summed E-state index contributed by atoms with van der Waals surface area (Å²) in [5.41, 5.74) is 2.13. The summed E-state index contributed by atoms with van der Waals surface area (Å²) in [4.78, 5) is 6.82. The molecule has 1 fully saturated rings. The molecule has 2 rings (SSSR count). The van der Waals surface area contributed by atoms with Crippen LogP contribution in [0.15, 0.2) is 6.07 Å². The number of rotatable bonds is 4. The molecule has 0 saturated heterocycles. The van der Waals surface area contributed by atoms with Gasteiger partial charge in [-0.25, -0.2) is 15.8 Å². The first-order valence-corrected chi connectivity index (χ1v) is 7.05. The third-order valence-electron chi connectivity index (χ3n) is 3.83. The fraction of sp³-hybridized carbons (Fsp3) is 0.692. The average Bonchev–Trinajstić information content (AvgIpc) is 2.45. The van der Waals surface area contributed by atoms with E-state index in [1.807, 2.05) is 0 Å². The number of hydrogen-bond acceptors (Lipinski definition) is 5. The summed E-state index contributed by atoms with van der Waals surface area (Å²) in [6, 6.07) is 1.38. The van der Waals surface area contributed by atoms with Gasteiger partial charge in [-0.2, -0.15) is 13.2 Å². The topological polar surface area (TPSA) is 75.9 Å². The molecule has 1 aromatic heterocycles. The van der Waals surface area contributed by atoms with Crippen LogP contribution < -0.4 is 16.6 Å². The predicted molar refractivity (Wildman–Crippen MR) is 74.5 cm³/mol. The smallest absolute Gasteiger partial charge is 0.370 e. The average molecular weight is 303 g/mol. The van der Waals surface area contributed by atoms with Gasteiger partial charge >= 0.3 is 6.18 Å². The number of nitrogens with one attached hydrogen (secondary N) is 2. The van der Waals surface area contributed by atoms with Crippen LogP contribution in [-0.2, 0) is 6.18 Å². The zero-order chi connectivity index (χ0) is 15.5. The second-order valence-corrected chi connectivity index (χ2v) is 5.61. The number of hydrazine groups is 1. The van der Waals surface area contributed by atoms with E-state index in [2.05, 4.69) is 27.6 Å². The van der Waals surface area contributed by atoms with Crippen molar-refractivity contribution in [2.45, 2.75) is 38.8 Å². The van der Waals surface area contributed by atoms with Crippen molar-refractivity contribution in [2.24, 2.45) is 17.7 Å². The van der Waals surface area contributed by atoms with E-state index >= 15 is 0 Å². The number of anilines is 2. The molecule has 0 amide bonds. The van der Waals surface area contributed by atoms with Crippen molar-refractivity contribution in [3.63, 3.8) is 0 Å².